The summed E-state index contributed by atoms with van der Waals surface area (Å²) in [6, 6.07) is 0. The molecule has 0 heterocycles. The minimum Gasteiger partial charge on any atom is -0.446 e. The van der Waals surface area contributed by atoms with E-state index >= 15 is 0 Å². The molecule has 13 heavy (non-hydrogen) atoms. The first kappa shape index (κ1) is 10.1. The number of nitrogens with two attached hydrogens (primary N) is 1. The Morgan fingerprint density at radius 2 is 2.15 bits per heavy atom. The van der Waals surface area contributed by atoms with E-state index in [1.165, 1.54) is 0 Å². The molecule has 1 fully saturated rings. The van der Waals surface area contributed by atoms with Gasteiger partial charge in [0.1, 0.15) is 6.10 Å². The topological polar surface area (TPSA) is 72.6 Å². The highest BCUT2D eigenvalue weighted by atomic mass is 16.6. The van der Waals surface area contributed by atoms with Crippen molar-refractivity contribution in [3.63, 3.8) is 0 Å². The highest BCUT2D eigenvalue weighted by molar-refractivity contribution is 5.64. The smallest absolute Gasteiger partial charge is 0.404 e. The molecule has 1 aliphatic carbocycles. The molecule has 0 radical (unpaired) electrons. The molecule has 3 N–H and O–H groups in total. The fourth-order valence-corrected chi connectivity index (χ4v) is 1.58. The van der Waals surface area contributed by atoms with E-state index in [9.17, 15) is 9.90 Å². The second kappa shape index (κ2) is 3.79. The average Bonchev–Trinajstić information content (AvgIpc) is 2.09. The molecule has 1 rings (SSSR count). The van der Waals surface area contributed by atoms with Gasteiger partial charge in [-0.05, 0) is 25.7 Å². The zero-order chi connectivity index (χ0) is 9.90. The van der Waals surface area contributed by atoms with Gasteiger partial charge in [0, 0.05) is 0 Å². The predicted molar refractivity (Wildman–Crippen MR) is 48.1 cm³/mol. The van der Waals surface area contributed by atoms with Crippen LogP contribution in [-0.2, 0) is 4.74 Å². The van der Waals surface area contributed by atoms with E-state index in [0.29, 0.717) is 25.7 Å². The molecule has 0 aromatic carbocycles. The lowest BCUT2D eigenvalue weighted by Crippen LogP contribution is -2.36. The van der Waals surface area contributed by atoms with E-state index in [-0.39, 0.29) is 6.10 Å². The van der Waals surface area contributed by atoms with E-state index in [0.717, 1.165) is 0 Å². The Balaban J connectivity index is 2.38. The third-order valence-corrected chi connectivity index (χ3v) is 2.46. The van der Waals surface area contributed by atoms with E-state index in [2.05, 4.69) is 6.58 Å². The summed E-state index contributed by atoms with van der Waals surface area (Å²) in [5, 5.41) is 9.74. The molecular weight excluding hydrogens is 170 g/mol. The minimum absolute atomic E-state index is 0.141. The quantitative estimate of drug-likeness (QED) is 0.629. The highest BCUT2D eigenvalue weighted by Crippen LogP contribution is 2.30. The number of amides is 1. The van der Waals surface area contributed by atoms with Gasteiger partial charge in [0.25, 0.3) is 0 Å². The number of rotatable bonds is 2. The summed E-state index contributed by atoms with van der Waals surface area (Å²) in [6.07, 6.45) is 3.11. The van der Waals surface area contributed by atoms with Crippen molar-refractivity contribution in [3.8, 4) is 0 Å². The van der Waals surface area contributed by atoms with Crippen LogP contribution >= 0.6 is 0 Å². The van der Waals surface area contributed by atoms with Crippen LogP contribution in [0, 0.1) is 0 Å². The second-order valence-corrected chi connectivity index (χ2v) is 3.44. The van der Waals surface area contributed by atoms with Crippen LogP contribution in [0.3, 0.4) is 0 Å². The van der Waals surface area contributed by atoms with Crippen molar-refractivity contribution in [1.29, 1.82) is 0 Å². The summed E-state index contributed by atoms with van der Waals surface area (Å²) < 4.78 is 4.82. The Hall–Kier alpha value is -1.03. The lowest BCUT2D eigenvalue weighted by Gasteiger charge is -2.32. The average molecular weight is 185 g/mol. The van der Waals surface area contributed by atoms with E-state index in [4.69, 9.17) is 10.5 Å². The first-order valence-corrected chi connectivity index (χ1v) is 4.38. The summed E-state index contributed by atoms with van der Waals surface area (Å²) >= 11 is 0. The van der Waals surface area contributed by atoms with E-state index in [1.807, 2.05) is 0 Å². The van der Waals surface area contributed by atoms with Gasteiger partial charge < -0.3 is 15.6 Å². The number of hydrogen-bond acceptors (Lipinski definition) is 3. The second-order valence-electron chi connectivity index (χ2n) is 3.44. The number of ether oxygens (including phenoxy) is 1. The van der Waals surface area contributed by atoms with E-state index < -0.39 is 11.7 Å². The standard InChI is InChI=1S/C9H15NO3/c1-2-9(12)5-3-7(4-6-9)13-8(10)11/h2,7,12H,1,3-6H2,(H2,10,11). The van der Waals surface area contributed by atoms with Crippen LogP contribution < -0.4 is 5.73 Å². The van der Waals surface area contributed by atoms with Crippen LogP contribution in [0.25, 0.3) is 0 Å². The summed E-state index contributed by atoms with van der Waals surface area (Å²) in [6.45, 7) is 3.56. The molecule has 0 atom stereocenters. The Kier molecular flexibility index (Phi) is 2.93. The number of carbonyl (C=O) groups excluding carboxylic acids is 1. The lowest BCUT2D eigenvalue weighted by atomic mass is 9.83. The lowest BCUT2D eigenvalue weighted by molar-refractivity contribution is -0.00257. The van der Waals surface area contributed by atoms with Gasteiger partial charge in [-0.25, -0.2) is 4.79 Å². The van der Waals surface area contributed by atoms with Gasteiger partial charge >= 0.3 is 6.09 Å². The fourth-order valence-electron chi connectivity index (χ4n) is 1.58. The molecular formula is C9H15NO3. The number of hydrogen-bond donors (Lipinski definition) is 2. The molecule has 0 saturated heterocycles. The van der Waals surface area contributed by atoms with Crippen molar-refractivity contribution in [2.24, 2.45) is 5.73 Å². The zero-order valence-corrected chi connectivity index (χ0v) is 7.53. The van der Waals surface area contributed by atoms with Gasteiger partial charge in [0.05, 0.1) is 5.60 Å². The van der Waals surface area contributed by atoms with Gasteiger partial charge in [-0.1, -0.05) is 6.08 Å². The maximum atomic E-state index is 10.4. The molecule has 4 heteroatoms. The molecule has 0 aliphatic heterocycles. The first-order valence-electron chi connectivity index (χ1n) is 4.38. The summed E-state index contributed by atoms with van der Waals surface area (Å²) in [5.74, 6) is 0. The third-order valence-electron chi connectivity index (χ3n) is 2.46. The zero-order valence-electron chi connectivity index (χ0n) is 7.53. The first-order chi connectivity index (χ1) is 6.06. The van der Waals surface area contributed by atoms with Crippen molar-refractivity contribution in [1.82, 2.24) is 0 Å². The van der Waals surface area contributed by atoms with E-state index in [1.54, 1.807) is 6.08 Å². The monoisotopic (exact) mass is 185 g/mol. The van der Waals surface area contributed by atoms with Crippen molar-refractivity contribution in [2.75, 3.05) is 0 Å². The third kappa shape index (κ3) is 2.73. The van der Waals surface area contributed by atoms with Gasteiger partial charge in [-0.15, -0.1) is 6.58 Å². The van der Waals surface area contributed by atoms with Crippen LogP contribution in [0.4, 0.5) is 4.79 Å². The van der Waals surface area contributed by atoms with Crippen LogP contribution in [0.1, 0.15) is 25.7 Å². The van der Waals surface area contributed by atoms with Crippen LogP contribution in [0.15, 0.2) is 12.7 Å². The maximum Gasteiger partial charge on any atom is 0.404 e. The Morgan fingerprint density at radius 3 is 2.54 bits per heavy atom. The number of carbonyl (C=O) groups is 1. The fraction of sp³-hybridized carbons (Fsp3) is 0.667. The molecule has 0 aromatic rings. The van der Waals surface area contributed by atoms with Gasteiger partial charge in [0.15, 0.2) is 0 Å². The summed E-state index contributed by atoms with van der Waals surface area (Å²) in [7, 11) is 0. The minimum atomic E-state index is -0.780. The van der Waals surface area contributed by atoms with Gasteiger partial charge in [-0.3, -0.25) is 0 Å². The molecule has 1 saturated carbocycles. The van der Waals surface area contributed by atoms with Gasteiger partial charge in [-0.2, -0.15) is 0 Å². The van der Waals surface area contributed by atoms with Crippen LogP contribution in [-0.4, -0.2) is 22.9 Å². The Labute approximate surface area is 77.4 Å². The van der Waals surface area contributed by atoms with Gasteiger partial charge in [0.2, 0.25) is 0 Å². The maximum absolute atomic E-state index is 10.4. The molecule has 0 unspecified atom stereocenters. The normalized spacial score (nSPS) is 33.8. The summed E-state index contributed by atoms with van der Waals surface area (Å²) in [5.41, 5.74) is 4.10. The summed E-state index contributed by atoms with van der Waals surface area (Å²) in [4.78, 5) is 10.4. The molecule has 0 spiro atoms. The molecule has 1 aliphatic rings. The van der Waals surface area contributed by atoms with Crippen molar-refractivity contribution in [3.05, 3.63) is 12.7 Å². The predicted octanol–water partition coefficient (Wildman–Crippen LogP) is 0.941. The van der Waals surface area contributed by atoms with Crippen molar-refractivity contribution < 1.29 is 14.6 Å². The molecule has 0 aromatic heterocycles. The van der Waals surface area contributed by atoms with Crippen molar-refractivity contribution >= 4 is 6.09 Å². The number of aliphatic hydroxyl groups is 1. The molecule has 1 amide bonds. The molecule has 4 nitrogen and oxygen atoms in total. The van der Waals surface area contributed by atoms with Crippen LogP contribution in [0.5, 0.6) is 0 Å². The Bertz CT molecular complexity index is 207. The molecule has 74 valence electrons. The van der Waals surface area contributed by atoms with Crippen molar-refractivity contribution in [2.45, 2.75) is 37.4 Å². The Morgan fingerprint density at radius 1 is 1.62 bits per heavy atom. The van der Waals surface area contributed by atoms with Crippen LogP contribution in [0.2, 0.25) is 0 Å². The SMILES string of the molecule is C=CC1(O)CCC(OC(N)=O)CC1. The number of primary amides is 1. The highest BCUT2D eigenvalue weighted by Gasteiger charge is 2.31. The molecule has 0 bridgehead atoms. The largest absolute Gasteiger partial charge is 0.446 e.